The fourth-order valence-electron chi connectivity index (χ4n) is 0.981. The molecular weight excluding hydrogens is 291 g/mol. The summed E-state index contributed by atoms with van der Waals surface area (Å²) in [5, 5.41) is 0. The molecule has 0 aromatic heterocycles. The van der Waals surface area contributed by atoms with Crippen molar-refractivity contribution in [3.8, 4) is 0 Å². The van der Waals surface area contributed by atoms with Crippen LogP contribution in [0.2, 0.25) is 12.1 Å². The molecule has 0 aliphatic rings. The molecule has 0 N–H and O–H groups in total. The zero-order chi connectivity index (χ0) is 7.98. The molecule has 0 saturated heterocycles. The number of rotatable bonds is 5. The van der Waals surface area contributed by atoms with Gasteiger partial charge in [0.1, 0.15) is 0 Å². The van der Waals surface area contributed by atoms with Crippen molar-refractivity contribution >= 4 is 32.1 Å². The molecule has 1 nitrogen and oxygen atoms in total. The summed E-state index contributed by atoms with van der Waals surface area (Å²) in [5.74, 6) is 0. The predicted octanol–water partition coefficient (Wildman–Crippen LogP) is -0.998. The van der Waals surface area contributed by atoms with Crippen LogP contribution in [0.3, 0.4) is 0 Å². The third-order valence-electron chi connectivity index (χ3n) is 1.45. The third-order valence-corrected chi connectivity index (χ3v) is 4.34. The zero-order valence-electron chi connectivity index (χ0n) is 8.48. The monoisotopic (exact) mass is 310 g/mol. The van der Waals surface area contributed by atoms with E-state index in [9.17, 15) is 0 Å². The van der Waals surface area contributed by atoms with E-state index >= 15 is 0 Å². The van der Waals surface area contributed by atoms with Gasteiger partial charge in [0, 0.05) is 6.10 Å². The average molecular weight is 311 g/mol. The van der Waals surface area contributed by atoms with Gasteiger partial charge >= 0.3 is 23.1 Å². The van der Waals surface area contributed by atoms with Crippen LogP contribution in [0.1, 0.15) is 27.2 Å². The maximum Gasteiger partial charge on any atom is 2.00 e. The Morgan fingerprint density at radius 2 is 1.92 bits per heavy atom. The fraction of sp³-hybridized carbons (Fsp3) is 0.875. The van der Waals surface area contributed by atoms with Crippen molar-refractivity contribution < 1.29 is 28.4 Å². The van der Waals surface area contributed by atoms with Crippen molar-refractivity contribution in [2.24, 2.45) is 0 Å². The molecule has 0 aliphatic carbocycles. The Bertz CT molecular complexity index is 83.5. The van der Waals surface area contributed by atoms with Crippen LogP contribution < -0.4 is 24.0 Å². The van der Waals surface area contributed by atoms with Crippen molar-refractivity contribution in [3.63, 3.8) is 0 Å². The minimum atomic E-state index is -0.833. The van der Waals surface area contributed by atoms with Crippen LogP contribution in [0.4, 0.5) is 0 Å². The summed E-state index contributed by atoms with van der Waals surface area (Å²) in [5.41, 5.74) is 0. The van der Waals surface area contributed by atoms with E-state index in [0.717, 1.165) is 6.42 Å². The Balaban J connectivity index is -0.000000405. The van der Waals surface area contributed by atoms with Crippen molar-refractivity contribution in [3.05, 3.63) is 6.92 Å². The summed E-state index contributed by atoms with van der Waals surface area (Å²) in [6, 6.07) is 2.47. The summed E-state index contributed by atoms with van der Waals surface area (Å²) in [6.45, 7) is 10.3. The SMILES string of the molecule is [CH2-]CC[SiH](CC)OC(C)C.[I-].[Mg+2]. The second-order valence-electron chi connectivity index (χ2n) is 2.86. The van der Waals surface area contributed by atoms with Gasteiger partial charge in [0.15, 0.2) is 9.04 Å². The maximum atomic E-state index is 5.74. The molecule has 0 fully saturated rings. The van der Waals surface area contributed by atoms with E-state index in [-0.39, 0.29) is 47.0 Å². The zero-order valence-corrected chi connectivity index (χ0v) is 13.2. The number of hydrogen-bond donors (Lipinski definition) is 0. The minimum absolute atomic E-state index is 0. The van der Waals surface area contributed by atoms with E-state index < -0.39 is 9.04 Å². The van der Waals surface area contributed by atoms with Gasteiger partial charge in [0.05, 0.1) is 0 Å². The van der Waals surface area contributed by atoms with E-state index in [0.29, 0.717) is 6.10 Å². The maximum absolute atomic E-state index is 5.74. The number of halogens is 1. The van der Waals surface area contributed by atoms with E-state index in [1.54, 1.807) is 0 Å². The van der Waals surface area contributed by atoms with Crippen LogP contribution in [0, 0.1) is 6.92 Å². The predicted molar refractivity (Wildman–Crippen MR) is 54.4 cm³/mol. The molecule has 1 unspecified atom stereocenters. The Morgan fingerprint density at radius 3 is 2.17 bits per heavy atom. The van der Waals surface area contributed by atoms with Crippen LogP contribution in [0.5, 0.6) is 0 Å². The Kier molecular flexibility index (Phi) is 20.4. The first-order valence-corrected chi connectivity index (χ1v) is 6.25. The molecule has 0 bridgehead atoms. The number of hydrogen-bond acceptors (Lipinski definition) is 1. The smallest absolute Gasteiger partial charge is 1.00 e. The first-order chi connectivity index (χ1) is 4.70. The molecule has 0 aliphatic heterocycles. The van der Waals surface area contributed by atoms with Gasteiger partial charge in [-0.05, 0) is 19.9 Å². The average Bonchev–Trinajstić information content (AvgIpc) is 1.86. The second kappa shape index (κ2) is 12.7. The van der Waals surface area contributed by atoms with Gasteiger partial charge in [-0.3, -0.25) is 0 Å². The van der Waals surface area contributed by atoms with Crippen molar-refractivity contribution in [2.75, 3.05) is 0 Å². The van der Waals surface area contributed by atoms with Gasteiger partial charge in [0.2, 0.25) is 0 Å². The van der Waals surface area contributed by atoms with E-state index in [1.807, 2.05) is 0 Å². The van der Waals surface area contributed by atoms with E-state index in [2.05, 4.69) is 27.7 Å². The molecule has 0 saturated carbocycles. The molecule has 0 amide bonds. The van der Waals surface area contributed by atoms with Gasteiger partial charge in [-0.2, -0.15) is 6.42 Å². The van der Waals surface area contributed by atoms with Crippen molar-refractivity contribution in [1.29, 1.82) is 0 Å². The van der Waals surface area contributed by atoms with E-state index in [4.69, 9.17) is 4.43 Å². The van der Waals surface area contributed by atoms with Crippen LogP contribution in [-0.2, 0) is 4.43 Å². The molecule has 12 heavy (non-hydrogen) atoms. The molecule has 0 rings (SSSR count). The summed E-state index contributed by atoms with van der Waals surface area (Å²) in [4.78, 5) is 0. The van der Waals surface area contributed by atoms with Crippen molar-refractivity contribution in [1.82, 2.24) is 0 Å². The van der Waals surface area contributed by atoms with Gasteiger partial charge in [-0.1, -0.05) is 13.0 Å². The Morgan fingerprint density at radius 1 is 1.42 bits per heavy atom. The molecule has 0 radical (unpaired) electrons. The molecule has 1 atom stereocenters. The standard InChI is InChI=1S/C8H19OSi.HI.Mg/c1-5-7-10(6-2)9-8(3)4;;/h8,10H,1,5-7H2,2-4H3;1H;/q-1;;+2/p-1. The molecule has 0 spiro atoms. The summed E-state index contributed by atoms with van der Waals surface area (Å²) >= 11 is 0. The quantitative estimate of drug-likeness (QED) is 0.360. The summed E-state index contributed by atoms with van der Waals surface area (Å²) in [6.07, 6.45) is 1.46. The van der Waals surface area contributed by atoms with E-state index in [1.165, 1.54) is 12.1 Å². The topological polar surface area (TPSA) is 9.23 Å². The Hall–Kier alpha value is 1.67. The second-order valence-corrected chi connectivity index (χ2v) is 5.77. The minimum Gasteiger partial charge on any atom is -1.00 e. The Labute approximate surface area is 112 Å². The van der Waals surface area contributed by atoms with Gasteiger partial charge in [0.25, 0.3) is 0 Å². The molecule has 70 valence electrons. The van der Waals surface area contributed by atoms with Crippen LogP contribution in [0.25, 0.3) is 0 Å². The molecule has 0 heterocycles. The summed E-state index contributed by atoms with van der Waals surface area (Å²) < 4.78 is 5.74. The first-order valence-electron chi connectivity index (χ1n) is 4.15. The summed E-state index contributed by atoms with van der Waals surface area (Å²) in [7, 11) is -0.833. The van der Waals surface area contributed by atoms with Gasteiger partial charge < -0.3 is 35.3 Å². The van der Waals surface area contributed by atoms with Crippen LogP contribution in [0.15, 0.2) is 0 Å². The molecule has 0 aromatic rings. The first kappa shape index (κ1) is 19.3. The van der Waals surface area contributed by atoms with Crippen molar-refractivity contribution in [2.45, 2.75) is 45.4 Å². The third kappa shape index (κ3) is 11.7. The molecule has 4 heteroatoms. The molecular formula is C8H19IMgOSi. The van der Waals surface area contributed by atoms with Gasteiger partial charge in [-0.15, -0.1) is 0 Å². The molecule has 0 aromatic carbocycles. The fourth-order valence-corrected chi connectivity index (χ4v) is 2.94. The normalized spacial score (nSPS) is 11.8. The van der Waals surface area contributed by atoms with Crippen LogP contribution >= 0.6 is 0 Å². The van der Waals surface area contributed by atoms with Gasteiger partial charge in [-0.25, -0.2) is 0 Å². The largest absolute Gasteiger partial charge is 2.00 e. The van der Waals surface area contributed by atoms with Crippen LogP contribution in [-0.4, -0.2) is 38.2 Å².